The highest BCUT2D eigenvalue weighted by Crippen LogP contribution is 2.35. The molecule has 1 aromatic rings. The molecule has 2 aliphatic rings. The van der Waals surface area contributed by atoms with Gasteiger partial charge in [0.2, 0.25) is 0 Å². The zero-order valence-corrected chi connectivity index (χ0v) is 18.3. The molecular weight excluding hydrogens is 368 g/mol. The van der Waals surface area contributed by atoms with E-state index in [9.17, 15) is 0 Å². The van der Waals surface area contributed by atoms with E-state index in [1.807, 2.05) is 0 Å². The Morgan fingerprint density at radius 3 is 2.75 bits per heavy atom. The second-order valence-corrected chi connectivity index (χ2v) is 9.42. The minimum Gasteiger partial charge on any atom is -0.381 e. The first-order valence-corrected chi connectivity index (χ1v) is 11.8. The average Bonchev–Trinajstić information content (AvgIpc) is 2.74. The van der Waals surface area contributed by atoms with Crippen LogP contribution in [0.25, 0.3) is 0 Å². The van der Waals surface area contributed by atoms with Gasteiger partial charge in [-0.2, -0.15) is 11.8 Å². The van der Waals surface area contributed by atoms with Crippen LogP contribution in [-0.2, 0) is 4.74 Å². The number of nitrogens with zero attached hydrogens (tertiary/aromatic N) is 2. The minimum absolute atomic E-state index is 0.234. The number of nitrogens with one attached hydrogen (secondary N) is 2. The van der Waals surface area contributed by atoms with E-state index in [0.717, 1.165) is 63.9 Å². The van der Waals surface area contributed by atoms with E-state index >= 15 is 0 Å². The first-order valence-electron chi connectivity index (χ1n) is 10.8. The van der Waals surface area contributed by atoms with E-state index in [1.165, 1.54) is 18.5 Å². The van der Waals surface area contributed by atoms with Gasteiger partial charge in [-0.25, -0.2) is 0 Å². The predicted octanol–water partition coefficient (Wildman–Crippen LogP) is 3.51. The van der Waals surface area contributed by atoms with Crippen LogP contribution < -0.4 is 15.5 Å². The molecule has 1 atom stereocenters. The largest absolute Gasteiger partial charge is 0.381 e. The van der Waals surface area contributed by atoms with Crippen LogP contribution in [-0.4, -0.2) is 61.9 Å². The van der Waals surface area contributed by atoms with E-state index in [1.54, 1.807) is 0 Å². The van der Waals surface area contributed by atoms with Gasteiger partial charge in [0, 0.05) is 49.3 Å². The van der Waals surface area contributed by atoms with Crippen LogP contribution in [0.1, 0.15) is 39.5 Å². The summed E-state index contributed by atoms with van der Waals surface area (Å²) in [6.45, 7) is 10.0. The topological polar surface area (TPSA) is 48.9 Å². The van der Waals surface area contributed by atoms with Gasteiger partial charge in [0.05, 0.1) is 6.54 Å². The molecule has 0 aromatic heterocycles. The van der Waals surface area contributed by atoms with Crippen molar-refractivity contribution in [1.82, 2.24) is 10.6 Å². The van der Waals surface area contributed by atoms with Crippen LogP contribution in [0.5, 0.6) is 0 Å². The molecule has 1 unspecified atom stereocenters. The summed E-state index contributed by atoms with van der Waals surface area (Å²) in [6, 6.07) is 11.2. The standard InChI is InChI=1S/C22H36N4OS/c1-3-23-21(24-18-22(28-4-2)12-15-27-16-13-22)25-19-9-8-14-26(17-19)20-10-6-5-7-11-20/h5-7,10-11,19H,3-4,8-9,12-18H2,1-2H3,(H2,23,24,25). The Hall–Kier alpha value is -1.40. The molecule has 2 heterocycles. The molecular formula is C22H36N4OS. The Morgan fingerprint density at radius 2 is 2.04 bits per heavy atom. The van der Waals surface area contributed by atoms with Crippen LogP contribution >= 0.6 is 11.8 Å². The van der Waals surface area contributed by atoms with Crippen molar-refractivity contribution in [1.29, 1.82) is 0 Å². The smallest absolute Gasteiger partial charge is 0.191 e. The molecule has 0 radical (unpaired) electrons. The highest BCUT2D eigenvalue weighted by molar-refractivity contribution is 8.00. The van der Waals surface area contributed by atoms with E-state index in [0.29, 0.717) is 6.04 Å². The lowest BCUT2D eigenvalue weighted by atomic mass is 9.99. The second-order valence-electron chi connectivity index (χ2n) is 7.69. The van der Waals surface area contributed by atoms with Gasteiger partial charge >= 0.3 is 0 Å². The maximum atomic E-state index is 5.60. The molecule has 3 rings (SSSR count). The summed E-state index contributed by atoms with van der Waals surface area (Å²) in [4.78, 5) is 7.50. The molecule has 156 valence electrons. The molecule has 2 fully saturated rings. The lowest BCUT2D eigenvalue weighted by molar-refractivity contribution is 0.0793. The number of hydrogen-bond donors (Lipinski definition) is 2. The maximum absolute atomic E-state index is 5.60. The van der Waals surface area contributed by atoms with Crippen LogP contribution in [0.3, 0.4) is 0 Å². The van der Waals surface area contributed by atoms with Crippen molar-refractivity contribution in [2.45, 2.75) is 50.3 Å². The van der Waals surface area contributed by atoms with Crippen molar-refractivity contribution in [2.75, 3.05) is 50.0 Å². The summed E-state index contributed by atoms with van der Waals surface area (Å²) < 4.78 is 5.84. The fourth-order valence-corrected chi connectivity index (χ4v) is 5.33. The summed E-state index contributed by atoms with van der Waals surface area (Å²) >= 11 is 2.05. The van der Waals surface area contributed by atoms with Gasteiger partial charge in [-0.15, -0.1) is 0 Å². The molecule has 5 nitrogen and oxygen atoms in total. The van der Waals surface area contributed by atoms with Gasteiger partial charge in [0.25, 0.3) is 0 Å². The van der Waals surface area contributed by atoms with Crippen LogP contribution in [0.2, 0.25) is 0 Å². The molecule has 28 heavy (non-hydrogen) atoms. The summed E-state index contributed by atoms with van der Waals surface area (Å²) in [5.74, 6) is 2.10. The Labute approximate surface area is 174 Å². The molecule has 0 amide bonds. The molecule has 0 bridgehead atoms. The van der Waals surface area contributed by atoms with Crippen molar-refractivity contribution in [3.63, 3.8) is 0 Å². The fourth-order valence-electron chi connectivity index (χ4n) is 4.10. The van der Waals surface area contributed by atoms with E-state index in [4.69, 9.17) is 9.73 Å². The van der Waals surface area contributed by atoms with Gasteiger partial charge in [-0.3, -0.25) is 4.99 Å². The quantitative estimate of drug-likeness (QED) is 0.538. The molecule has 0 saturated carbocycles. The number of guanidine groups is 1. The molecule has 0 aliphatic carbocycles. The van der Waals surface area contributed by atoms with Crippen LogP contribution in [0, 0.1) is 0 Å². The fraction of sp³-hybridized carbons (Fsp3) is 0.682. The zero-order valence-electron chi connectivity index (χ0n) is 17.5. The Balaban J connectivity index is 1.62. The summed E-state index contributed by atoms with van der Waals surface area (Å²) in [6.07, 6.45) is 4.59. The Morgan fingerprint density at radius 1 is 1.25 bits per heavy atom. The normalized spacial score (nSPS) is 22.7. The average molecular weight is 405 g/mol. The summed E-state index contributed by atoms with van der Waals surface area (Å²) in [5, 5.41) is 7.18. The van der Waals surface area contributed by atoms with Crippen molar-refractivity contribution in [3.05, 3.63) is 30.3 Å². The Bertz CT molecular complexity index is 598. The van der Waals surface area contributed by atoms with Gasteiger partial charge in [-0.05, 0) is 50.5 Å². The predicted molar refractivity (Wildman–Crippen MR) is 122 cm³/mol. The number of hydrogen-bond acceptors (Lipinski definition) is 4. The number of rotatable bonds is 7. The number of benzene rings is 1. The highest BCUT2D eigenvalue weighted by Gasteiger charge is 2.32. The van der Waals surface area contributed by atoms with Gasteiger partial charge < -0.3 is 20.3 Å². The summed E-state index contributed by atoms with van der Waals surface area (Å²) in [7, 11) is 0. The SMILES string of the molecule is CCNC(=NCC1(SCC)CCOCC1)NC1CCCN(c2ccccc2)C1. The molecule has 2 aliphatic heterocycles. The highest BCUT2D eigenvalue weighted by atomic mass is 32.2. The number of anilines is 1. The van der Waals surface area contributed by atoms with Crippen LogP contribution in [0.4, 0.5) is 5.69 Å². The third-order valence-corrected chi connectivity index (χ3v) is 7.05. The number of ether oxygens (including phenoxy) is 1. The van der Waals surface area contributed by atoms with Crippen molar-refractivity contribution < 1.29 is 4.74 Å². The second kappa shape index (κ2) is 11.0. The first-order chi connectivity index (χ1) is 13.7. The Kier molecular flexibility index (Phi) is 8.34. The lowest BCUT2D eigenvalue weighted by Crippen LogP contribution is -2.51. The molecule has 1 aromatic carbocycles. The molecule has 0 spiro atoms. The van der Waals surface area contributed by atoms with Crippen LogP contribution in [0.15, 0.2) is 35.3 Å². The van der Waals surface area contributed by atoms with E-state index in [-0.39, 0.29) is 4.75 Å². The number of piperidine rings is 1. The summed E-state index contributed by atoms with van der Waals surface area (Å²) in [5.41, 5.74) is 1.32. The number of thioether (sulfide) groups is 1. The maximum Gasteiger partial charge on any atom is 0.191 e. The van der Waals surface area contributed by atoms with E-state index in [2.05, 4.69) is 71.5 Å². The van der Waals surface area contributed by atoms with E-state index < -0.39 is 0 Å². The van der Waals surface area contributed by atoms with Crippen molar-refractivity contribution >= 4 is 23.4 Å². The third kappa shape index (κ3) is 6.05. The molecule has 6 heteroatoms. The zero-order chi connectivity index (χ0) is 19.7. The van der Waals surface area contributed by atoms with Gasteiger partial charge in [0.1, 0.15) is 0 Å². The van der Waals surface area contributed by atoms with Crippen molar-refractivity contribution in [2.24, 2.45) is 4.99 Å². The number of aliphatic imine (C=N–C) groups is 1. The molecule has 2 N–H and O–H groups in total. The van der Waals surface area contributed by atoms with Gasteiger partial charge in [0.15, 0.2) is 5.96 Å². The van der Waals surface area contributed by atoms with Crippen molar-refractivity contribution in [3.8, 4) is 0 Å². The lowest BCUT2D eigenvalue weighted by Gasteiger charge is -2.37. The number of para-hydroxylation sites is 1. The van der Waals surface area contributed by atoms with Gasteiger partial charge in [-0.1, -0.05) is 25.1 Å². The first kappa shape index (κ1) is 21.3. The third-order valence-electron chi connectivity index (χ3n) is 5.61. The molecule has 2 saturated heterocycles. The monoisotopic (exact) mass is 404 g/mol. The minimum atomic E-state index is 0.234.